The van der Waals surface area contributed by atoms with Gasteiger partial charge in [0.1, 0.15) is 0 Å². The molecular weight excluding hydrogens is 206 g/mol. The SMILES string of the molecule is NS(=O)CCc1cccc2ccccc12. The molecule has 1 unspecified atom stereocenters. The van der Waals surface area contributed by atoms with Crippen molar-refractivity contribution < 1.29 is 4.21 Å². The van der Waals surface area contributed by atoms with Crippen LogP contribution in [-0.2, 0) is 17.4 Å². The van der Waals surface area contributed by atoms with Gasteiger partial charge in [0.05, 0.1) is 11.0 Å². The van der Waals surface area contributed by atoms with Gasteiger partial charge in [0.15, 0.2) is 0 Å². The molecule has 0 aliphatic rings. The summed E-state index contributed by atoms with van der Waals surface area (Å²) < 4.78 is 10.8. The molecule has 2 N–H and O–H groups in total. The van der Waals surface area contributed by atoms with Crippen molar-refractivity contribution in [2.75, 3.05) is 5.75 Å². The van der Waals surface area contributed by atoms with Crippen LogP contribution in [-0.4, -0.2) is 9.96 Å². The molecule has 0 saturated carbocycles. The van der Waals surface area contributed by atoms with Crippen molar-refractivity contribution in [1.29, 1.82) is 0 Å². The normalized spacial score (nSPS) is 12.9. The molecule has 2 rings (SSSR count). The van der Waals surface area contributed by atoms with Crippen LogP contribution < -0.4 is 5.14 Å². The quantitative estimate of drug-likeness (QED) is 0.843. The van der Waals surface area contributed by atoms with E-state index in [9.17, 15) is 4.21 Å². The largest absolute Gasteiger partial charge is 0.252 e. The van der Waals surface area contributed by atoms with Crippen LogP contribution in [0.3, 0.4) is 0 Å². The first kappa shape index (κ1) is 10.3. The molecule has 0 aliphatic carbocycles. The molecule has 3 heteroatoms. The maximum absolute atomic E-state index is 10.8. The summed E-state index contributed by atoms with van der Waals surface area (Å²) in [6, 6.07) is 14.4. The number of benzene rings is 2. The topological polar surface area (TPSA) is 43.1 Å². The summed E-state index contributed by atoms with van der Waals surface area (Å²) in [6.45, 7) is 0. The zero-order chi connectivity index (χ0) is 10.7. The minimum atomic E-state index is -1.21. The molecule has 0 heterocycles. The van der Waals surface area contributed by atoms with Crippen LogP contribution in [0.2, 0.25) is 0 Å². The number of rotatable bonds is 3. The zero-order valence-electron chi connectivity index (χ0n) is 8.35. The molecule has 0 radical (unpaired) electrons. The summed E-state index contributed by atoms with van der Waals surface area (Å²) in [4.78, 5) is 0. The van der Waals surface area contributed by atoms with Crippen LogP contribution in [0.5, 0.6) is 0 Å². The van der Waals surface area contributed by atoms with E-state index in [0.29, 0.717) is 5.75 Å². The van der Waals surface area contributed by atoms with Crippen molar-refractivity contribution in [3.63, 3.8) is 0 Å². The molecule has 15 heavy (non-hydrogen) atoms. The van der Waals surface area contributed by atoms with Crippen molar-refractivity contribution in [1.82, 2.24) is 0 Å². The van der Waals surface area contributed by atoms with E-state index in [-0.39, 0.29) is 0 Å². The van der Waals surface area contributed by atoms with Gasteiger partial charge in [-0.25, -0.2) is 4.21 Å². The van der Waals surface area contributed by atoms with Gasteiger partial charge < -0.3 is 0 Å². The Balaban J connectivity index is 2.38. The number of hydrogen-bond acceptors (Lipinski definition) is 1. The van der Waals surface area contributed by atoms with Crippen molar-refractivity contribution >= 4 is 21.8 Å². The summed E-state index contributed by atoms with van der Waals surface area (Å²) in [7, 11) is -1.21. The highest BCUT2D eigenvalue weighted by atomic mass is 32.2. The Labute approximate surface area is 91.7 Å². The molecule has 78 valence electrons. The van der Waals surface area contributed by atoms with E-state index in [2.05, 4.69) is 24.3 Å². The van der Waals surface area contributed by atoms with Crippen LogP contribution in [0.1, 0.15) is 5.56 Å². The molecule has 2 nitrogen and oxygen atoms in total. The number of aryl methyl sites for hydroxylation is 1. The van der Waals surface area contributed by atoms with E-state index in [0.717, 1.165) is 6.42 Å². The lowest BCUT2D eigenvalue weighted by molar-refractivity contribution is 0.683. The predicted molar refractivity (Wildman–Crippen MR) is 64.8 cm³/mol. The van der Waals surface area contributed by atoms with Gasteiger partial charge in [0, 0.05) is 5.75 Å². The van der Waals surface area contributed by atoms with Gasteiger partial charge in [-0.15, -0.1) is 0 Å². The van der Waals surface area contributed by atoms with Gasteiger partial charge in [0.25, 0.3) is 0 Å². The maximum atomic E-state index is 10.8. The highest BCUT2D eigenvalue weighted by Crippen LogP contribution is 2.18. The van der Waals surface area contributed by atoms with E-state index in [1.165, 1.54) is 16.3 Å². The van der Waals surface area contributed by atoms with Crippen molar-refractivity contribution in [3.05, 3.63) is 48.0 Å². The summed E-state index contributed by atoms with van der Waals surface area (Å²) in [6.07, 6.45) is 0.768. The Kier molecular flexibility index (Phi) is 3.14. The first-order chi connectivity index (χ1) is 7.27. The second-order valence-corrected chi connectivity index (χ2v) is 4.64. The van der Waals surface area contributed by atoms with E-state index >= 15 is 0 Å². The summed E-state index contributed by atoms with van der Waals surface area (Å²) in [5.74, 6) is 0.522. The Bertz CT molecular complexity index is 490. The molecule has 0 bridgehead atoms. The highest BCUT2D eigenvalue weighted by molar-refractivity contribution is 7.82. The fourth-order valence-electron chi connectivity index (χ4n) is 1.72. The molecule has 0 saturated heterocycles. The van der Waals surface area contributed by atoms with Crippen LogP contribution in [0, 0.1) is 0 Å². The van der Waals surface area contributed by atoms with Gasteiger partial charge in [-0.05, 0) is 22.8 Å². The second kappa shape index (κ2) is 4.55. The Morgan fingerprint density at radius 1 is 1.07 bits per heavy atom. The minimum absolute atomic E-state index is 0.522. The van der Waals surface area contributed by atoms with Crippen molar-refractivity contribution in [2.45, 2.75) is 6.42 Å². The summed E-state index contributed by atoms with van der Waals surface area (Å²) in [5.41, 5.74) is 1.21. The molecule has 0 amide bonds. The third-order valence-electron chi connectivity index (χ3n) is 2.45. The van der Waals surface area contributed by atoms with Gasteiger partial charge >= 0.3 is 0 Å². The molecule has 2 aromatic rings. The van der Waals surface area contributed by atoms with E-state index < -0.39 is 11.0 Å². The van der Waals surface area contributed by atoms with Gasteiger partial charge in [0.2, 0.25) is 0 Å². The monoisotopic (exact) mass is 219 g/mol. The lowest BCUT2D eigenvalue weighted by Gasteiger charge is -2.04. The molecule has 0 spiro atoms. The minimum Gasteiger partial charge on any atom is -0.252 e. The highest BCUT2D eigenvalue weighted by Gasteiger charge is 2.00. The third-order valence-corrected chi connectivity index (χ3v) is 3.06. The standard InChI is InChI=1S/C12H13NOS/c13-15(14)9-8-11-6-3-5-10-4-1-2-7-12(10)11/h1-7H,8-9,13H2. The maximum Gasteiger partial charge on any atom is 0.0891 e. The van der Waals surface area contributed by atoms with E-state index in [4.69, 9.17) is 5.14 Å². The lowest BCUT2D eigenvalue weighted by Crippen LogP contribution is -2.09. The van der Waals surface area contributed by atoms with Crippen LogP contribution >= 0.6 is 0 Å². The van der Waals surface area contributed by atoms with E-state index in [1.807, 2.05) is 18.2 Å². The van der Waals surface area contributed by atoms with Crippen LogP contribution in [0.4, 0.5) is 0 Å². The first-order valence-electron chi connectivity index (χ1n) is 4.87. The molecule has 1 atom stereocenters. The molecular formula is C12H13NOS. The number of fused-ring (bicyclic) bond motifs is 1. The van der Waals surface area contributed by atoms with Gasteiger partial charge in [-0.3, -0.25) is 5.14 Å². The van der Waals surface area contributed by atoms with Crippen LogP contribution in [0.25, 0.3) is 10.8 Å². The smallest absolute Gasteiger partial charge is 0.0891 e. The average Bonchev–Trinajstić information content (AvgIpc) is 2.26. The Hall–Kier alpha value is -1.19. The Morgan fingerprint density at radius 2 is 1.80 bits per heavy atom. The lowest BCUT2D eigenvalue weighted by atomic mass is 10.0. The van der Waals surface area contributed by atoms with Gasteiger partial charge in [-0.2, -0.15) is 0 Å². The fraction of sp³-hybridized carbons (Fsp3) is 0.167. The molecule has 0 fully saturated rings. The molecule has 0 aliphatic heterocycles. The van der Waals surface area contributed by atoms with E-state index in [1.54, 1.807) is 0 Å². The van der Waals surface area contributed by atoms with Crippen LogP contribution in [0.15, 0.2) is 42.5 Å². The first-order valence-corrected chi connectivity index (χ1v) is 6.25. The summed E-state index contributed by atoms with van der Waals surface area (Å²) in [5, 5.41) is 7.70. The fourth-order valence-corrected chi connectivity index (χ4v) is 2.14. The van der Waals surface area contributed by atoms with Gasteiger partial charge in [-0.1, -0.05) is 42.5 Å². The average molecular weight is 219 g/mol. The summed E-state index contributed by atoms with van der Waals surface area (Å²) >= 11 is 0. The zero-order valence-corrected chi connectivity index (χ0v) is 9.17. The third kappa shape index (κ3) is 2.43. The van der Waals surface area contributed by atoms with Crippen molar-refractivity contribution in [2.24, 2.45) is 5.14 Å². The van der Waals surface area contributed by atoms with Crippen molar-refractivity contribution in [3.8, 4) is 0 Å². The second-order valence-electron chi connectivity index (χ2n) is 3.47. The predicted octanol–water partition coefficient (Wildman–Crippen LogP) is 2.00. The Morgan fingerprint density at radius 3 is 2.60 bits per heavy atom. The number of nitrogens with two attached hydrogens (primary N) is 1. The molecule has 0 aromatic heterocycles. The molecule has 2 aromatic carbocycles. The number of hydrogen-bond donors (Lipinski definition) is 1.